The number of allylic oxidation sites excluding steroid dienone is 2. The van der Waals surface area contributed by atoms with Crippen LogP contribution >= 0.6 is 0 Å². The Labute approximate surface area is 175 Å². The topological polar surface area (TPSA) is 17.8 Å². The lowest BCUT2D eigenvalue weighted by atomic mass is 9.47. The highest BCUT2D eigenvalue weighted by Crippen LogP contribution is 2.67. The Bertz CT molecular complexity index is 970. The molecule has 3 saturated carbocycles. The van der Waals surface area contributed by atoms with E-state index in [0.29, 0.717) is 16.9 Å². The Morgan fingerprint density at radius 2 is 1.83 bits per heavy atom. The van der Waals surface area contributed by atoms with Crippen molar-refractivity contribution in [2.24, 2.45) is 34.5 Å². The van der Waals surface area contributed by atoms with Gasteiger partial charge in [0.25, 0.3) is 0 Å². The SMILES string of the molecule is CC1C=C2CCC3C(CCC4(C)C3CCC4n3cnc4ccccc43)C2(C)CC1. The Balaban J connectivity index is 1.35. The minimum atomic E-state index is 0.435. The number of benzene rings is 1. The molecule has 4 aliphatic rings. The van der Waals surface area contributed by atoms with Gasteiger partial charge >= 0.3 is 0 Å². The molecule has 3 fully saturated rings. The van der Waals surface area contributed by atoms with Crippen molar-refractivity contribution >= 4 is 11.0 Å². The number of nitrogens with zero attached hydrogens (tertiary/aromatic N) is 2. The van der Waals surface area contributed by atoms with Crippen LogP contribution in [0.3, 0.4) is 0 Å². The van der Waals surface area contributed by atoms with Gasteiger partial charge in [-0.1, -0.05) is 44.6 Å². The van der Waals surface area contributed by atoms with Gasteiger partial charge in [-0.2, -0.15) is 0 Å². The van der Waals surface area contributed by atoms with Gasteiger partial charge in [0, 0.05) is 6.04 Å². The molecule has 0 amide bonds. The molecule has 29 heavy (non-hydrogen) atoms. The summed E-state index contributed by atoms with van der Waals surface area (Å²) in [6.07, 6.45) is 16.0. The van der Waals surface area contributed by atoms with E-state index in [1.807, 2.05) is 5.57 Å². The van der Waals surface area contributed by atoms with Gasteiger partial charge in [-0.3, -0.25) is 0 Å². The third-order valence-corrected chi connectivity index (χ3v) is 10.1. The highest BCUT2D eigenvalue weighted by Gasteiger charge is 2.59. The standard InChI is InChI=1S/C27H36N2/c1-18-12-14-26(2)19(16-18)8-9-20-21-10-11-25(27(21,3)15-13-22(20)26)29-17-28-23-6-4-5-7-24(23)29/h4-7,16-18,20-22,25H,8-15H2,1-3H3. The summed E-state index contributed by atoms with van der Waals surface area (Å²) >= 11 is 0. The van der Waals surface area contributed by atoms with E-state index in [0.717, 1.165) is 29.2 Å². The van der Waals surface area contributed by atoms with Crippen LogP contribution in [0.5, 0.6) is 0 Å². The average Bonchev–Trinajstić information content (AvgIpc) is 3.29. The molecule has 0 spiro atoms. The van der Waals surface area contributed by atoms with Gasteiger partial charge in [-0.15, -0.1) is 0 Å². The number of rotatable bonds is 1. The molecule has 6 rings (SSSR count). The van der Waals surface area contributed by atoms with Crippen LogP contribution in [0.1, 0.15) is 78.2 Å². The highest BCUT2D eigenvalue weighted by atomic mass is 15.1. The zero-order valence-electron chi connectivity index (χ0n) is 18.4. The first-order chi connectivity index (χ1) is 14.0. The van der Waals surface area contributed by atoms with Crippen molar-refractivity contribution in [3.05, 3.63) is 42.2 Å². The molecule has 1 aromatic heterocycles. The molecule has 0 bridgehead atoms. The molecule has 2 heteroatoms. The minimum absolute atomic E-state index is 0.435. The molecule has 154 valence electrons. The first kappa shape index (κ1) is 18.2. The van der Waals surface area contributed by atoms with Crippen molar-refractivity contribution < 1.29 is 0 Å². The predicted octanol–water partition coefficient (Wildman–Crippen LogP) is 7.18. The van der Waals surface area contributed by atoms with Crippen LogP contribution in [-0.4, -0.2) is 9.55 Å². The predicted molar refractivity (Wildman–Crippen MR) is 120 cm³/mol. The Morgan fingerprint density at radius 3 is 2.72 bits per heavy atom. The number of para-hydroxylation sites is 2. The van der Waals surface area contributed by atoms with Crippen molar-refractivity contribution in [1.29, 1.82) is 0 Å². The van der Waals surface area contributed by atoms with E-state index >= 15 is 0 Å². The molecular weight excluding hydrogens is 352 g/mol. The molecule has 7 atom stereocenters. The van der Waals surface area contributed by atoms with Gasteiger partial charge in [0.05, 0.1) is 17.4 Å². The quantitative estimate of drug-likeness (QED) is 0.473. The lowest BCUT2D eigenvalue weighted by Gasteiger charge is -2.58. The number of aromatic nitrogens is 2. The normalized spacial score (nSPS) is 44.1. The van der Waals surface area contributed by atoms with Crippen molar-refractivity contribution in [3.63, 3.8) is 0 Å². The molecule has 7 unspecified atom stereocenters. The summed E-state index contributed by atoms with van der Waals surface area (Å²) in [5.41, 5.74) is 5.25. The van der Waals surface area contributed by atoms with Gasteiger partial charge in [0.1, 0.15) is 0 Å². The molecule has 4 aliphatic carbocycles. The third-order valence-electron chi connectivity index (χ3n) is 10.1. The van der Waals surface area contributed by atoms with Crippen molar-refractivity contribution in [1.82, 2.24) is 9.55 Å². The largest absolute Gasteiger partial charge is 0.327 e. The fourth-order valence-corrected chi connectivity index (χ4v) is 8.56. The zero-order chi connectivity index (χ0) is 19.8. The first-order valence-corrected chi connectivity index (χ1v) is 12.1. The van der Waals surface area contributed by atoms with Crippen molar-refractivity contribution in [3.8, 4) is 0 Å². The summed E-state index contributed by atoms with van der Waals surface area (Å²) in [7, 11) is 0. The summed E-state index contributed by atoms with van der Waals surface area (Å²) < 4.78 is 2.55. The fourth-order valence-electron chi connectivity index (χ4n) is 8.56. The first-order valence-electron chi connectivity index (χ1n) is 12.1. The zero-order valence-corrected chi connectivity index (χ0v) is 18.4. The molecule has 1 heterocycles. The van der Waals surface area contributed by atoms with E-state index in [4.69, 9.17) is 4.98 Å². The Hall–Kier alpha value is -1.57. The molecule has 2 aromatic rings. The molecule has 2 nitrogen and oxygen atoms in total. The molecular formula is C27H36N2. The number of hydrogen-bond acceptors (Lipinski definition) is 1. The van der Waals surface area contributed by atoms with Gasteiger partial charge in [0.2, 0.25) is 0 Å². The summed E-state index contributed by atoms with van der Waals surface area (Å²) in [6, 6.07) is 9.34. The monoisotopic (exact) mass is 388 g/mol. The van der Waals surface area contributed by atoms with Crippen LogP contribution < -0.4 is 0 Å². The Morgan fingerprint density at radius 1 is 0.966 bits per heavy atom. The number of imidazole rings is 1. The fraction of sp³-hybridized carbons (Fsp3) is 0.667. The smallest absolute Gasteiger partial charge is 0.0961 e. The van der Waals surface area contributed by atoms with Crippen LogP contribution in [0.25, 0.3) is 11.0 Å². The van der Waals surface area contributed by atoms with Crippen molar-refractivity contribution in [2.45, 2.75) is 78.2 Å². The van der Waals surface area contributed by atoms with E-state index in [1.165, 1.54) is 56.9 Å². The average molecular weight is 389 g/mol. The van der Waals surface area contributed by atoms with Crippen LogP contribution in [0.2, 0.25) is 0 Å². The van der Waals surface area contributed by atoms with Crippen LogP contribution in [0.4, 0.5) is 0 Å². The van der Waals surface area contributed by atoms with Gasteiger partial charge in [0.15, 0.2) is 0 Å². The maximum atomic E-state index is 4.74. The van der Waals surface area contributed by atoms with Gasteiger partial charge in [-0.25, -0.2) is 4.98 Å². The van der Waals surface area contributed by atoms with E-state index < -0.39 is 0 Å². The van der Waals surface area contributed by atoms with E-state index in [1.54, 1.807) is 0 Å². The van der Waals surface area contributed by atoms with E-state index in [9.17, 15) is 0 Å². The maximum absolute atomic E-state index is 4.74. The van der Waals surface area contributed by atoms with Crippen LogP contribution in [-0.2, 0) is 0 Å². The maximum Gasteiger partial charge on any atom is 0.0961 e. The second-order valence-electron chi connectivity index (χ2n) is 11.3. The molecule has 0 aliphatic heterocycles. The molecule has 0 saturated heterocycles. The third kappa shape index (κ3) is 2.44. The van der Waals surface area contributed by atoms with Crippen LogP contribution in [0, 0.1) is 34.5 Å². The molecule has 0 radical (unpaired) electrons. The van der Waals surface area contributed by atoms with E-state index in [-0.39, 0.29) is 0 Å². The highest BCUT2D eigenvalue weighted by molar-refractivity contribution is 5.75. The summed E-state index contributed by atoms with van der Waals surface area (Å²) in [5.74, 6) is 3.55. The molecule has 0 N–H and O–H groups in total. The van der Waals surface area contributed by atoms with Gasteiger partial charge in [-0.05, 0) is 98.0 Å². The van der Waals surface area contributed by atoms with Crippen molar-refractivity contribution in [2.75, 3.05) is 0 Å². The van der Waals surface area contributed by atoms with Crippen LogP contribution in [0.15, 0.2) is 42.2 Å². The second kappa shape index (κ2) is 6.22. The minimum Gasteiger partial charge on any atom is -0.327 e. The van der Waals surface area contributed by atoms with Gasteiger partial charge < -0.3 is 4.57 Å². The number of fused-ring (bicyclic) bond motifs is 6. The number of hydrogen-bond donors (Lipinski definition) is 0. The Kier molecular flexibility index (Phi) is 3.91. The van der Waals surface area contributed by atoms with E-state index in [2.05, 4.69) is 62.0 Å². The summed E-state index contributed by atoms with van der Waals surface area (Å²) in [4.78, 5) is 4.74. The molecule has 1 aromatic carbocycles. The summed E-state index contributed by atoms with van der Waals surface area (Å²) in [6.45, 7) is 7.70. The summed E-state index contributed by atoms with van der Waals surface area (Å²) in [5, 5.41) is 0. The lowest BCUT2D eigenvalue weighted by molar-refractivity contribution is -0.0497. The second-order valence-corrected chi connectivity index (χ2v) is 11.3. The lowest BCUT2D eigenvalue weighted by Crippen LogP contribution is -2.50.